The molecule has 0 saturated carbocycles. The molecule has 6 heteroatoms. The molecular weight excluding hydrogens is 793 g/mol. The monoisotopic (exact) mass is 905 g/mol. The van der Waals surface area contributed by atoms with Crippen LogP contribution in [-0.4, -0.2) is 37.2 Å². The zero-order chi connectivity index (χ0) is 46.5. The third-order valence-electron chi connectivity index (χ3n) is 13.4. The van der Waals surface area contributed by atoms with E-state index in [2.05, 4.69) is 20.8 Å². The second kappa shape index (κ2) is 54.0. The minimum atomic E-state index is -0.757. The van der Waals surface area contributed by atoms with Gasteiger partial charge in [0.25, 0.3) is 0 Å². The molecule has 6 nitrogen and oxygen atoms in total. The summed E-state index contributed by atoms with van der Waals surface area (Å²) in [6.07, 6.45) is 60.4. The van der Waals surface area contributed by atoms with Crippen LogP contribution in [0.2, 0.25) is 0 Å². The van der Waals surface area contributed by atoms with Crippen molar-refractivity contribution < 1.29 is 28.6 Å². The molecule has 0 heterocycles. The summed E-state index contributed by atoms with van der Waals surface area (Å²) in [5.41, 5.74) is 0. The molecule has 0 aromatic rings. The normalized spacial score (nSPS) is 11.9. The Hall–Kier alpha value is -1.59. The summed E-state index contributed by atoms with van der Waals surface area (Å²) < 4.78 is 16.7. The second-order valence-corrected chi connectivity index (χ2v) is 19.9. The molecule has 0 saturated heterocycles. The lowest BCUT2D eigenvalue weighted by Crippen LogP contribution is -2.30. The van der Waals surface area contributed by atoms with E-state index in [-0.39, 0.29) is 31.1 Å². The summed E-state index contributed by atoms with van der Waals surface area (Å²) in [4.78, 5) is 37.6. The Morgan fingerprint density at radius 1 is 0.250 bits per heavy atom. The van der Waals surface area contributed by atoms with Gasteiger partial charge in [0.05, 0.1) is 0 Å². The highest BCUT2D eigenvalue weighted by molar-refractivity contribution is 5.71. The van der Waals surface area contributed by atoms with E-state index in [4.69, 9.17) is 14.2 Å². The summed E-state index contributed by atoms with van der Waals surface area (Å²) in [6.45, 7) is 6.60. The topological polar surface area (TPSA) is 78.9 Å². The maximum absolute atomic E-state index is 12.6. The summed E-state index contributed by atoms with van der Waals surface area (Å²) in [5.74, 6) is -0.860. The third-order valence-corrected chi connectivity index (χ3v) is 13.4. The maximum Gasteiger partial charge on any atom is 0.306 e. The van der Waals surface area contributed by atoms with Crippen LogP contribution in [0.25, 0.3) is 0 Å². The van der Waals surface area contributed by atoms with Crippen molar-refractivity contribution in [3.63, 3.8) is 0 Å². The van der Waals surface area contributed by atoms with Gasteiger partial charge in [0.1, 0.15) is 13.2 Å². The number of carbonyl (C=O) groups is 3. The van der Waals surface area contributed by atoms with Crippen LogP contribution in [0.5, 0.6) is 0 Å². The van der Waals surface area contributed by atoms with Crippen LogP contribution in [0.3, 0.4) is 0 Å². The zero-order valence-electron chi connectivity index (χ0n) is 43.6. The number of esters is 3. The van der Waals surface area contributed by atoms with E-state index in [1.807, 2.05) is 0 Å². The van der Waals surface area contributed by atoms with E-state index in [1.165, 1.54) is 238 Å². The molecule has 0 radical (unpaired) electrons. The maximum atomic E-state index is 12.6. The van der Waals surface area contributed by atoms with Gasteiger partial charge in [0.2, 0.25) is 0 Å². The Morgan fingerprint density at radius 3 is 0.625 bits per heavy atom. The quantitative estimate of drug-likeness (QED) is 0.0344. The van der Waals surface area contributed by atoms with Crippen LogP contribution < -0.4 is 0 Å². The Labute approximate surface area is 399 Å². The van der Waals surface area contributed by atoms with Gasteiger partial charge >= 0.3 is 17.9 Å². The minimum absolute atomic E-state index is 0.0636. The highest BCUT2D eigenvalue weighted by atomic mass is 16.6. The van der Waals surface area contributed by atoms with Crippen molar-refractivity contribution in [2.45, 2.75) is 341 Å². The van der Waals surface area contributed by atoms with E-state index < -0.39 is 6.10 Å². The Balaban J connectivity index is 3.77. The molecule has 0 aliphatic carbocycles. The Bertz CT molecular complexity index is 951. The van der Waals surface area contributed by atoms with Gasteiger partial charge in [-0.15, -0.1) is 0 Å². The number of unbranched alkanes of at least 4 members (excludes halogenated alkanes) is 43. The van der Waals surface area contributed by atoms with Crippen molar-refractivity contribution in [2.75, 3.05) is 13.2 Å². The van der Waals surface area contributed by atoms with Crippen LogP contribution in [0.4, 0.5) is 0 Å². The molecule has 380 valence electrons. The first-order chi connectivity index (χ1) is 31.5. The van der Waals surface area contributed by atoms with Crippen LogP contribution in [0.1, 0.15) is 335 Å². The van der Waals surface area contributed by atoms with Gasteiger partial charge in [-0.25, -0.2) is 0 Å². The summed E-state index contributed by atoms with van der Waals surface area (Å²) >= 11 is 0. The molecule has 0 aromatic heterocycles. The smallest absolute Gasteiger partial charge is 0.306 e. The van der Waals surface area contributed by atoms with Gasteiger partial charge < -0.3 is 14.2 Å². The molecule has 0 spiro atoms. The predicted molar refractivity (Wildman–Crippen MR) is 275 cm³/mol. The summed E-state index contributed by atoms with van der Waals surface area (Å²) in [5, 5.41) is 0. The van der Waals surface area contributed by atoms with E-state index in [1.54, 1.807) is 0 Å². The summed E-state index contributed by atoms with van der Waals surface area (Å²) in [7, 11) is 0. The van der Waals surface area contributed by atoms with Gasteiger partial charge in [-0.2, -0.15) is 0 Å². The van der Waals surface area contributed by atoms with E-state index in [0.29, 0.717) is 19.3 Å². The molecule has 0 N–H and O–H groups in total. The molecular formula is C58H112O6. The van der Waals surface area contributed by atoms with Crippen molar-refractivity contribution in [3.05, 3.63) is 0 Å². The second-order valence-electron chi connectivity index (χ2n) is 19.9. The lowest BCUT2D eigenvalue weighted by molar-refractivity contribution is -0.167. The number of carbonyl (C=O) groups excluding carboxylic acids is 3. The Kier molecular flexibility index (Phi) is 52.7. The molecule has 0 amide bonds. The number of rotatable bonds is 54. The van der Waals surface area contributed by atoms with E-state index in [0.717, 1.165) is 57.8 Å². The van der Waals surface area contributed by atoms with E-state index >= 15 is 0 Å². The lowest BCUT2D eigenvalue weighted by Gasteiger charge is -2.18. The molecule has 64 heavy (non-hydrogen) atoms. The molecule has 0 aliphatic rings. The first-order valence-corrected chi connectivity index (χ1v) is 29.0. The van der Waals surface area contributed by atoms with Crippen LogP contribution in [-0.2, 0) is 28.6 Å². The zero-order valence-corrected chi connectivity index (χ0v) is 43.6. The first kappa shape index (κ1) is 62.4. The fourth-order valence-corrected chi connectivity index (χ4v) is 8.98. The van der Waals surface area contributed by atoms with Crippen LogP contribution in [0.15, 0.2) is 0 Å². The van der Waals surface area contributed by atoms with Crippen molar-refractivity contribution in [1.29, 1.82) is 0 Å². The van der Waals surface area contributed by atoms with Crippen molar-refractivity contribution in [2.24, 2.45) is 0 Å². The number of hydrogen-bond acceptors (Lipinski definition) is 6. The fourth-order valence-electron chi connectivity index (χ4n) is 8.98. The Morgan fingerprint density at radius 2 is 0.422 bits per heavy atom. The lowest BCUT2D eigenvalue weighted by atomic mass is 10.0. The standard InChI is InChI=1S/C58H112O6/c1-4-7-10-13-16-17-18-19-20-21-22-23-24-25-26-27-28-29-30-31-32-33-34-35-36-37-38-39-40-43-45-48-51-57(60)63-54-55(64-58(61)52-49-46-42-15-12-9-6-3)53-62-56(59)50-47-44-41-14-11-8-5-2/h55H,4-54H2,1-3H3. The van der Waals surface area contributed by atoms with Gasteiger partial charge in [-0.1, -0.05) is 297 Å². The van der Waals surface area contributed by atoms with Crippen molar-refractivity contribution in [3.8, 4) is 0 Å². The predicted octanol–water partition coefficient (Wildman–Crippen LogP) is 19.2. The van der Waals surface area contributed by atoms with Gasteiger partial charge in [-0.05, 0) is 19.3 Å². The summed E-state index contributed by atoms with van der Waals surface area (Å²) in [6, 6.07) is 0. The average Bonchev–Trinajstić information content (AvgIpc) is 3.29. The molecule has 0 rings (SSSR count). The SMILES string of the molecule is CCCCCCCCCCCCCCCCCCCCCCCCCCCCCCCCCCC(=O)OCC(COC(=O)CCCCCCCCC)OC(=O)CCCCCCCCC. The molecule has 0 aliphatic heterocycles. The first-order valence-electron chi connectivity index (χ1n) is 29.0. The molecule has 0 bridgehead atoms. The van der Waals surface area contributed by atoms with E-state index in [9.17, 15) is 14.4 Å². The van der Waals surface area contributed by atoms with Gasteiger partial charge in [-0.3, -0.25) is 14.4 Å². The fraction of sp³-hybridized carbons (Fsp3) is 0.948. The van der Waals surface area contributed by atoms with Crippen molar-refractivity contribution >= 4 is 17.9 Å². The van der Waals surface area contributed by atoms with Gasteiger partial charge in [0, 0.05) is 19.3 Å². The molecule has 1 atom stereocenters. The van der Waals surface area contributed by atoms with Crippen molar-refractivity contribution in [1.82, 2.24) is 0 Å². The minimum Gasteiger partial charge on any atom is -0.462 e. The number of ether oxygens (including phenoxy) is 3. The number of hydrogen-bond donors (Lipinski definition) is 0. The largest absolute Gasteiger partial charge is 0.462 e. The highest BCUT2D eigenvalue weighted by Crippen LogP contribution is 2.18. The van der Waals surface area contributed by atoms with Crippen LogP contribution >= 0.6 is 0 Å². The molecule has 0 aromatic carbocycles. The average molecular weight is 906 g/mol. The highest BCUT2D eigenvalue weighted by Gasteiger charge is 2.19. The third kappa shape index (κ3) is 51.4. The molecule has 1 unspecified atom stereocenters. The molecule has 0 fully saturated rings. The van der Waals surface area contributed by atoms with Crippen LogP contribution in [0, 0.1) is 0 Å². The van der Waals surface area contributed by atoms with Gasteiger partial charge in [0.15, 0.2) is 6.10 Å².